The van der Waals surface area contributed by atoms with E-state index >= 15 is 0 Å². The van der Waals surface area contributed by atoms with E-state index in [1.165, 1.54) is 0 Å². The molecule has 0 radical (unpaired) electrons. The molecule has 1 aliphatic rings. The standard InChI is InChI=1S/C26H24F3NO6/c1-14(2)12-25(24(34)35)13-18(23(32)33)21(20-11-16-5-3-4-6-19(16)36-20)30(25)22(31)15-7-9-17(10-8-15)26(27,28)29/h3-11,14,18,21H,12-13H2,1-2H3,(H,32,33)(H,34,35). The Morgan fingerprint density at radius 1 is 1.08 bits per heavy atom. The van der Waals surface area contributed by atoms with Gasteiger partial charge in [-0.25, -0.2) is 4.79 Å². The fourth-order valence-corrected chi connectivity index (χ4v) is 5.11. The quantitative estimate of drug-likeness (QED) is 0.453. The minimum Gasteiger partial charge on any atom is -0.481 e. The van der Waals surface area contributed by atoms with E-state index in [0.717, 1.165) is 29.2 Å². The van der Waals surface area contributed by atoms with Crippen LogP contribution in [0.25, 0.3) is 11.0 Å². The van der Waals surface area contributed by atoms with Crippen LogP contribution in [-0.4, -0.2) is 38.5 Å². The molecule has 36 heavy (non-hydrogen) atoms. The average Bonchev–Trinajstić information content (AvgIpc) is 3.37. The molecular formula is C26H24F3NO6. The third-order valence-corrected chi connectivity index (χ3v) is 6.55. The van der Waals surface area contributed by atoms with E-state index in [9.17, 15) is 37.8 Å². The van der Waals surface area contributed by atoms with Crippen molar-refractivity contribution in [1.82, 2.24) is 4.90 Å². The van der Waals surface area contributed by atoms with Crippen LogP contribution in [0.4, 0.5) is 13.2 Å². The van der Waals surface area contributed by atoms with Crippen LogP contribution in [-0.2, 0) is 15.8 Å². The third kappa shape index (κ3) is 4.31. The summed E-state index contributed by atoms with van der Waals surface area (Å²) in [6.07, 6.45) is -5.07. The molecule has 190 valence electrons. The van der Waals surface area contributed by atoms with Crippen molar-refractivity contribution in [2.24, 2.45) is 11.8 Å². The van der Waals surface area contributed by atoms with Crippen molar-refractivity contribution in [3.8, 4) is 0 Å². The fourth-order valence-electron chi connectivity index (χ4n) is 5.11. The molecule has 7 nitrogen and oxygen atoms in total. The zero-order chi connectivity index (χ0) is 26.4. The van der Waals surface area contributed by atoms with Crippen molar-refractivity contribution in [3.63, 3.8) is 0 Å². The Bertz CT molecular complexity index is 1280. The lowest BCUT2D eigenvalue weighted by molar-refractivity contribution is -0.150. The van der Waals surface area contributed by atoms with Crippen LogP contribution < -0.4 is 0 Å². The molecule has 2 heterocycles. The van der Waals surface area contributed by atoms with Gasteiger partial charge in [-0.05, 0) is 55.2 Å². The summed E-state index contributed by atoms with van der Waals surface area (Å²) in [5, 5.41) is 21.1. The highest BCUT2D eigenvalue weighted by Crippen LogP contribution is 2.51. The number of carbonyl (C=O) groups is 3. The number of carboxylic acids is 2. The lowest BCUT2D eigenvalue weighted by atomic mass is 9.83. The van der Waals surface area contributed by atoms with Gasteiger partial charge in [-0.15, -0.1) is 0 Å². The van der Waals surface area contributed by atoms with Crippen LogP contribution in [0, 0.1) is 11.8 Å². The van der Waals surface area contributed by atoms with E-state index in [2.05, 4.69) is 0 Å². The summed E-state index contributed by atoms with van der Waals surface area (Å²) < 4.78 is 45.1. The lowest BCUT2D eigenvalue weighted by Crippen LogP contribution is -2.54. The molecule has 1 aliphatic heterocycles. The molecule has 0 saturated carbocycles. The molecule has 1 amide bonds. The van der Waals surface area contributed by atoms with E-state index < -0.39 is 47.1 Å². The van der Waals surface area contributed by atoms with E-state index in [1.807, 2.05) is 0 Å². The number of benzene rings is 2. The van der Waals surface area contributed by atoms with Crippen molar-refractivity contribution in [1.29, 1.82) is 0 Å². The van der Waals surface area contributed by atoms with E-state index in [1.54, 1.807) is 44.2 Å². The summed E-state index contributed by atoms with van der Waals surface area (Å²) >= 11 is 0. The van der Waals surface area contributed by atoms with E-state index in [-0.39, 0.29) is 30.1 Å². The van der Waals surface area contributed by atoms with Gasteiger partial charge in [0.15, 0.2) is 0 Å². The maximum Gasteiger partial charge on any atom is 0.416 e. The Kier molecular flexibility index (Phi) is 6.32. The first-order valence-electron chi connectivity index (χ1n) is 11.3. The predicted octanol–water partition coefficient (Wildman–Crippen LogP) is 5.61. The monoisotopic (exact) mass is 503 g/mol. The van der Waals surface area contributed by atoms with Crippen molar-refractivity contribution in [2.45, 2.75) is 44.4 Å². The van der Waals surface area contributed by atoms with Gasteiger partial charge in [-0.1, -0.05) is 32.0 Å². The average molecular weight is 503 g/mol. The number of alkyl halides is 3. The van der Waals surface area contributed by atoms with Crippen LogP contribution in [0.15, 0.2) is 59.0 Å². The highest BCUT2D eigenvalue weighted by Gasteiger charge is 2.61. The molecule has 3 aromatic rings. The second kappa shape index (κ2) is 9.00. The number of hydrogen-bond acceptors (Lipinski definition) is 4. The summed E-state index contributed by atoms with van der Waals surface area (Å²) in [5.41, 5.74) is -2.65. The van der Waals surface area contributed by atoms with Crippen LogP contribution in [0.1, 0.15) is 54.4 Å². The Balaban J connectivity index is 1.91. The number of aliphatic carboxylic acids is 2. The van der Waals surface area contributed by atoms with Gasteiger partial charge in [0.25, 0.3) is 5.91 Å². The maximum absolute atomic E-state index is 13.8. The molecule has 1 fully saturated rings. The molecule has 2 aromatic carbocycles. The van der Waals surface area contributed by atoms with Crippen molar-refractivity contribution < 1.29 is 42.2 Å². The Morgan fingerprint density at radius 2 is 1.72 bits per heavy atom. The van der Waals surface area contributed by atoms with Crippen LogP contribution in [0.3, 0.4) is 0 Å². The molecule has 3 atom stereocenters. The summed E-state index contributed by atoms with van der Waals surface area (Å²) in [7, 11) is 0. The van der Waals surface area contributed by atoms with E-state index in [4.69, 9.17) is 4.42 Å². The minimum absolute atomic E-state index is 0.0603. The van der Waals surface area contributed by atoms with E-state index in [0.29, 0.717) is 11.0 Å². The number of likely N-dealkylation sites (tertiary alicyclic amines) is 1. The normalized spacial score (nSPS) is 22.3. The number of furan rings is 1. The highest BCUT2D eigenvalue weighted by molar-refractivity contribution is 5.99. The first kappa shape index (κ1) is 25.3. The Hall–Kier alpha value is -3.82. The molecule has 1 saturated heterocycles. The Labute approximate surface area is 204 Å². The van der Waals surface area contributed by atoms with Gasteiger partial charge in [-0.3, -0.25) is 9.59 Å². The van der Waals surface area contributed by atoms with Gasteiger partial charge in [0, 0.05) is 10.9 Å². The second-order valence-electron chi connectivity index (χ2n) is 9.47. The number of nitrogens with zero attached hydrogens (tertiary/aromatic N) is 1. The smallest absolute Gasteiger partial charge is 0.416 e. The number of carboxylic acid groups (broad SMARTS) is 2. The molecule has 1 aromatic heterocycles. The lowest BCUT2D eigenvalue weighted by Gasteiger charge is -2.38. The number of hydrogen-bond donors (Lipinski definition) is 2. The highest BCUT2D eigenvalue weighted by atomic mass is 19.4. The first-order valence-corrected chi connectivity index (χ1v) is 11.3. The second-order valence-corrected chi connectivity index (χ2v) is 9.47. The van der Waals surface area contributed by atoms with Gasteiger partial charge in [-0.2, -0.15) is 13.2 Å². The maximum atomic E-state index is 13.8. The van der Waals surface area contributed by atoms with Crippen LogP contribution >= 0.6 is 0 Å². The molecule has 3 unspecified atom stereocenters. The fraction of sp³-hybridized carbons (Fsp3) is 0.346. The number of carbonyl (C=O) groups excluding carboxylic acids is 1. The van der Waals surface area contributed by atoms with Crippen LogP contribution in [0.2, 0.25) is 0 Å². The summed E-state index contributed by atoms with van der Waals surface area (Å²) in [6, 6.07) is 10.5. The zero-order valence-electron chi connectivity index (χ0n) is 19.5. The molecule has 4 rings (SSSR count). The predicted molar refractivity (Wildman–Crippen MR) is 122 cm³/mol. The molecule has 0 aliphatic carbocycles. The molecule has 0 spiro atoms. The third-order valence-electron chi connectivity index (χ3n) is 6.55. The minimum atomic E-state index is -4.62. The van der Waals surface area contributed by atoms with Crippen molar-refractivity contribution >= 4 is 28.8 Å². The van der Waals surface area contributed by atoms with Gasteiger partial charge in [0.1, 0.15) is 22.9 Å². The number of para-hydroxylation sites is 1. The molecule has 0 bridgehead atoms. The largest absolute Gasteiger partial charge is 0.481 e. The number of amides is 1. The summed E-state index contributed by atoms with van der Waals surface area (Å²) in [4.78, 5) is 39.9. The van der Waals surface area contributed by atoms with Crippen molar-refractivity contribution in [2.75, 3.05) is 0 Å². The molecular weight excluding hydrogens is 479 g/mol. The topological polar surface area (TPSA) is 108 Å². The summed E-state index contributed by atoms with van der Waals surface area (Å²) in [6.45, 7) is 3.49. The molecule has 2 N–H and O–H groups in total. The van der Waals surface area contributed by atoms with Crippen molar-refractivity contribution in [3.05, 3.63) is 71.5 Å². The number of halogens is 3. The van der Waals surface area contributed by atoms with Crippen LogP contribution in [0.5, 0.6) is 0 Å². The molecule has 10 heteroatoms. The van der Waals surface area contributed by atoms with Gasteiger partial charge in [0.2, 0.25) is 0 Å². The van der Waals surface area contributed by atoms with Gasteiger partial charge < -0.3 is 19.5 Å². The summed E-state index contributed by atoms with van der Waals surface area (Å²) in [5.74, 6) is -5.05. The zero-order valence-corrected chi connectivity index (χ0v) is 19.5. The van der Waals surface area contributed by atoms with Gasteiger partial charge >= 0.3 is 18.1 Å². The Morgan fingerprint density at radius 3 is 2.25 bits per heavy atom. The van der Waals surface area contributed by atoms with Gasteiger partial charge in [0.05, 0.1) is 11.5 Å². The SMILES string of the molecule is CC(C)CC1(C(=O)O)CC(C(=O)O)C(c2cc3ccccc3o2)N1C(=O)c1ccc(C(F)(F)F)cc1. The first-order chi connectivity index (χ1) is 16.8. The number of rotatable bonds is 6. The number of fused-ring (bicyclic) bond motifs is 1.